The minimum absolute atomic E-state index is 0.682. The summed E-state index contributed by atoms with van der Waals surface area (Å²) in [6.45, 7) is 3.33. The van der Waals surface area contributed by atoms with Crippen molar-refractivity contribution in [2.24, 2.45) is 17.8 Å². The van der Waals surface area contributed by atoms with E-state index in [0.29, 0.717) is 6.04 Å². The van der Waals surface area contributed by atoms with Gasteiger partial charge in [0.05, 0.1) is 0 Å². The first-order chi connectivity index (χ1) is 9.26. The van der Waals surface area contributed by atoms with Crippen molar-refractivity contribution >= 4 is 15.9 Å². The minimum atomic E-state index is 0.682. The lowest BCUT2D eigenvalue weighted by molar-refractivity contribution is 0.249. The zero-order valence-electron chi connectivity index (χ0n) is 11.7. The Balaban J connectivity index is 1.68. The van der Waals surface area contributed by atoms with E-state index in [1.165, 1.54) is 42.1 Å². The van der Waals surface area contributed by atoms with E-state index in [2.05, 4.69) is 52.4 Å². The Morgan fingerprint density at radius 1 is 1.21 bits per heavy atom. The Bertz CT molecular complexity index is 414. The second-order valence-electron chi connectivity index (χ2n) is 6.33. The van der Waals surface area contributed by atoms with Gasteiger partial charge in [0.2, 0.25) is 0 Å². The Hall–Kier alpha value is -0.340. The van der Waals surface area contributed by atoms with E-state index >= 15 is 0 Å². The predicted molar refractivity (Wildman–Crippen MR) is 84.2 cm³/mol. The molecule has 4 atom stereocenters. The molecule has 2 heteroatoms. The van der Waals surface area contributed by atoms with Gasteiger partial charge in [0.15, 0.2) is 0 Å². The normalized spacial score (nSPS) is 30.7. The van der Waals surface area contributed by atoms with Gasteiger partial charge in [-0.05, 0) is 67.7 Å². The maximum atomic E-state index is 3.76. The Morgan fingerprint density at radius 3 is 2.58 bits per heavy atom. The van der Waals surface area contributed by atoms with Crippen molar-refractivity contribution in [3.05, 3.63) is 34.3 Å². The van der Waals surface area contributed by atoms with Gasteiger partial charge in [0, 0.05) is 10.5 Å². The van der Waals surface area contributed by atoms with Gasteiger partial charge in [-0.15, -0.1) is 0 Å². The molecule has 2 aliphatic rings. The molecule has 0 amide bonds. The number of hydrogen-bond donors (Lipinski definition) is 1. The van der Waals surface area contributed by atoms with Crippen LogP contribution >= 0.6 is 15.9 Å². The third kappa shape index (κ3) is 3.05. The summed E-state index contributed by atoms with van der Waals surface area (Å²) in [6.07, 6.45) is 7.15. The number of benzene rings is 1. The highest BCUT2D eigenvalue weighted by Gasteiger charge is 2.42. The maximum absolute atomic E-state index is 3.76. The lowest BCUT2D eigenvalue weighted by atomic mass is 9.81. The summed E-state index contributed by atoms with van der Waals surface area (Å²) >= 11 is 3.52. The molecule has 0 aromatic heterocycles. The second-order valence-corrected chi connectivity index (χ2v) is 7.25. The molecular formula is C17H24BrN. The third-order valence-corrected chi connectivity index (χ3v) is 5.67. The highest BCUT2D eigenvalue weighted by atomic mass is 79.9. The van der Waals surface area contributed by atoms with E-state index in [0.717, 1.165) is 24.3 Å². The van der Waals surface area contributed by atoms with Crippen molar-refractivity contribution in [2.75, 3.05) is 6.54 Å². The molecule has 19 heavy (non-hydrogen) atoms. The monoisotopic (exact) mass is 321 g/mol. The van der Waals surface area contributed by atoms with Crippen LogP contribution in [0.3, 0.4) is 0 Å². The van der Waals surface area contributed by atoms with Crippen LogP contribution < -0.4 is 5.32 Å². The van der Waals surface area contributed by atoms with Crippen LogP contribution in [0.1, 0.15) is 38.2 Å². The number of halogens is 1. The molecule has 0 radical (unpaired) electrons. The van der Waals surface area contributed by atoms with Crippen LogP contribution in [-0.4, -0.2) is 12.6 Å². The molecule has 4 unspecified atom stereocenters. The first-order valence-electron chi connectivity index (χ1n) is 7.74. The third-order valence-electron chi connectivity index (χ3n) is 5.14. The molecule has 1 N–H and O–H groups in total. The zero-order valence-corrected chi connectivity index (χ0v) is 13.3. The molecule has 1 aromatic rings. The van der Waals surface area contributed by atoms with Crippen molar-refractivity contribution in [1.82, 2.24) is 5.32 Å². The summed E-state index contributed by atoms with van der Waals surface area (Å²) in [5, 5.41) is 3.76. The van der Waals surface area contributed by atoms with Crippen molar-refractivity contribution in [3.8, 4) is 0 Å². The Kier molecular flexibility index (Phi) is 4.28. The van der Waals surface area contributed by atoms with Crippen LogP contribution in [0, 0.1) is 17.8 Å². The number of nitrogens with one attached hydrogen (secondary N) is 1. The van der Waals surface area contributed by atoms with Crippen LogP contribution in [-0.2, 0) is 6.42 Å². The van der Waals surface area contributed by atoms with Gasteiger partial charge in [0.25, 0.3) is 0 Å². The van der Waals surface area contributed by atoms with E-state index < -0.39 is 0 Å². The molecule has 2 saturated carbocycles. The second kappa shape index (κ2) is 5.97. The van der Waals surface area contributed by atoms with Gasteiger partial charge in [0.1, 0.15) is 0 Å². The number of likely N-dealkylation sites (N-methyl/N-ethyl adjacent to an activating group) is 1. The summed E-state index contributed by atoms with van der Waals surface area (Å²) in [7, 11) is 0. The van der Waals surface area contributed by atoms with Crippen LogP contribution in [0.4, 0.5) is 0 Å². The lowest BCUT2D eigenvalue weighted by Crippen LogP contribution is -2.40. The molecular weight excluding hydrogens is 298 g/mol. The maximum Gasteiger partial charge on any atom is 0.0175 e. The van der Waals surface area contributed by atoms with Gasteiger partial charge >= 0.3 is 0 Å². The topological polar surface area (TPSA) is 12.0 Å². The molecule has 2 bridgehead atoms. The SMILES string of the molecule is CCNC(Cc1ccc(Br)cc1)C1CC2CCC1C2. The summed E-state index contributed by atoms with van der Waals surface area (Å²) in [5.74, 6) is 2.97. The van der Waals surface area contributed by atoms with Crippen LogP contribution in [0.5, 0.6) is 0 Å². The van der Waals surface area contributed by atoms with E-state index in [9.17, 15) is 0 Å². The average molecular weight is 322 g/mol. The van der Waals surface area contributed by atoms with Gasteiger partial charge in [-0.1, -0.05) is 41.4 Å². The van der Waals surface area contributed by atoms with E-state index in [-0.39, 0.29) is 0 Å². The fourth-order valence-electron chi connectivity index (χ4n) is 4.30. The van der Waals surface area contributed by atoms with E-state index in [4.69, 9.17) is 0 Å². The Labute approximate surface area is 125 Å². The minimum Gasteiger partial charge on any atom is -0.314 e. The fourth-order valence-corrected chi connectivity index (χ4v) is 4.56. The average Bonchev–Trinajstić information content (AvgIpc) is 3.03. The molecule has 0 saturated heterocycles. The Morgan fingerprint density at radius 2 is 2.00 bits per heavy atom. The summed E-state index contributed by atoms with van der Waals surface area (Å²) in [5.41, 5.74) is 1.47. The van der Waals surface area contributed by atoms with Crippen LogP contribution in [0.15, 0.2) is 28.7 Å². The number of rotatable bonds is 5. The molecule has 3 rings (SSSR count). The van der Waals surface area contributed by atoms with Crippen LogP contribution in [0.25, 0.3) is 0 Å². The molecule has 104 valence electrons. The smallest absolute Gasteiger partial charge is 0.0175 e. The summed E-state index contributed by atoms with van der Waals surface area (Å²) in [6, 6.07) is 9.54. The van der Waals surface area contributed by atoms with Crippen LogP contribution in [0.2, 0.25) is 0 Å². The van der Waals surface area contributed by atoms with Gasteiger partial charge in [-0.25, -0.2) is 0 Å². The van der Waals surface area contributed by atoms with Gasteiger partial charge in [-0.2, -0.15) is 0 Å². The first kappa shape index (κ1) is 13.6. The number of hydrogen-bond acceptors (Lipinski definition) is 1. The van der Waals surface area contributed by atoms with Gasteiger partial charge < -0.3 is 5.32 Å². The molecule has 1 nitrogen and oxygen atoms in total. The summed E-state index contributed by atoms with van der Waals surface area (Å²) in [4.78, 5) is 0. The lowest BCUT2D eigenvalue weighted by Gasteiger charge is -2.31. The fraction of sp³-hybridized carbons (Fsp3) is 0.647. The zero-order chi connectivity index (χ0) is 13.2. The highest BCUT2D eigenvalue weighted by molar-refractivity contribution is 9.10. The van der Waals surface area contributed by atoms with Crippen molar-refractivity contribution in [2.45, 2.75) is 45.1 Å². The van der Waals surface area contributed by atoms with Crippen molar-refractivity contribution < 1.29 is 0 Å². The predicted octanol–water partition coefficient (Wildman–Crippen LogP) is 4.41. The molecule has 0 spiro atoms. The van der Waals surface area contributed by atoms with Gasteiger partial charge in [-0.3, -0.25) is 0 Å². The standard InChI is InChI=1S/C17H24BrN/c1-2-19-17(11-12-4-7-15(18)8-5-12)16-10-13-3-6-14(16)9-13/h4-5,7-8,13-14,16-17,19H,2-3,6,9-11H2,1H3. The van der Waals surface area contributed by atoms with E-state index in [1.54, 1.807) is 0 Å². The van der Waals surface area contributed by atoms with Crippen molar-refractivity contribution in [1.29, 1.82) is 0 Å². The molecule has 2 fully saturated rings. The molecule has 0 aliphatic heterocycles. The number of fused-ring (bicyclic) bond motifs is 2. The van der Waals surface area contributed by atoms with Crippen molar-refractivity contribution in [3.63, 3.8) is 0 Å². The molecule has 1 aromatic carbocycles. The molecule has 0 heterocycles. The first-order valence-corrected chi connectivity index (χ1v) is 8.53. The quantitative estimate of drug-likeness (QED) is 0.847. The highest BCUT2D eigenvalue weighted by Crippen LogP contribution is 2.49. The molecule has 2 aliphatic carbocycles. The summed E-state index contributed by atoms with van der Waals surface area (Å²) < 4.78 is 1.18. The van der Waals surface area contributed by atoms with E-state index in [1.807, 2.05) is 0 Å². The largest absolute Gasteiger partial charge is 0.314 e.